The first-order chi connectivity index (χ1) is 15.4. The van der Waals surface area contributed by atoms with Crippen LogP contribution in [0.15, 0.2) is 12.2 Å². The summed E-state index contributed by atoms with van der Waals surface area (Å²) in [6.07, 6.45) is 14.6. The topological polar surface area (TPSA) is 137 Å². The van der Waals surface area contributed by atoms with E-state index in [0.29, 0.717) is 0 Å². The molecule has 0 bridgehead atoms. The summed E-state index contributed by atoms with van der Waals surface area (Å²) < 4.78 is 10.5. The number of allylic oxidation sites excluding steroid dienone is 2. The van der Waals surface area contributed by atoms with Gasteiger partial charge in [0.05, 0.1) is 19.8 Å². The summed E-state index contributed by atoms with van der Waals surface area (Å²) >= 11 is 0. The van der Waals surface area contributed by atoms with Crippen molar-refractivity contribution in [3.8, 4) is 0 Å². The maximum atomic E-state index is 10.4. The van der Waals surface area contributed by atoms with Gasteiger partial charge in [-0.25, -0.2) is 0 Å². The molecule has 32 heavy (non-hydrogen) atoms. The maximum absolute atomic E-state index is 10.4. The first-order valence-corrected chi connectivity index (χ1v) is 12.2. The lowest BCUT2D eigenvalue weighted by Crippen LogP contribution is -2.65. The van der Waals surface area contributed by atoms with Gasteiger partial charge >= 0.3 is 5.97 Å². The van der Waals surface area contributed by atoms with Crippen molar-refractivity contribution in [2.24, 2.45) is 0 Å². The monoisotopic (exact) mass is 460 g/mol. The highest BCUT2D eigenvalue weighted by molar-refractivity contribution is 5.66. The fourth-order valence-electron chi connectivity index (χ4n) is 3.83. The van der Waals surface area contributed by atoms with Crippen LogP contribution in [0.25, 0.3) is 0 Å². The molecule has 8 heteroatoms. The number of aliphatic hydroxyl groups excluding tert-OH is 3. The van der Waals surface area contributed by atoms with Crippen LogP contribution >= 0.6 is 0 Å². The molecule has 0 aromatic rings. The highest BCUT2D eigenvalue weighted by Gasteiger charge is 2.51. The SMILES string of the molecule is O=C(O)CCCCCCC/C=C\CCCCCCCCO[C@@]1(O)[C@H](O)[C@@H](CO)OC[C@@H]1O. The van der Waals surface area contributed by atoms with Crippen molar-refractivity contribution in [2.45, 2.75) is 114 Å². The van der Waals surface area contributed by atoms with Gasteiger partial charge in [-0.3, -0.25) is 4.79 Å². The van der Waals surface area contributed by atoms with E-state index in [2.05, 4.69) is 12.2 Å². The minimum atomic E-state index is -2.10. The van der Waals surface area contributed by atoms with Gasteiger partial charge in [0.25, 0.3) is 0 Å². The third-order valence-corrected chi connectivity index (χ3v) is 5.93. The van der Waals surface area contributed by atoms with Crippen molar-refractivity contribution >= 4 is 5.97 Å². The molecule has 0 unspecified atom stereocenters. The van der Waals surface area contributed by atoms with E-state index in [9.17, 15) is 20.1 Å². The van der Waals surface area contributed by atoms with Crippen LogP contribution < -0.4 is 0 Å². The van der Waals surface area contributed by atoms with E-state index in [4.69, 9.17) is 19.7 Å². The first kappa shape index (κ1) is 29.0. The van der Waals surface area contributed by atoms with Crippen molar-refractivity contribution in [3.05, 3.63) is 12.2 Å². The molecule has 0 saturated carbocycles. The van der Waals surface area contributed by atoms with Gasteiger partial charge in [-0.2, -0.15) is 0 Å². The Kier molecular flexibility index (Phi) is 15.8. The Morgan fingerprint density at radius 1 is 0.906 bits per heavy atom. The van der Waals surface area contributed by atoms with Crippen LogP contribution in [0.2, 0.25) is 0 Å². The summed E-state index contributed by atoms with van der Waals surface area (Å²) in [7, 11) is 0. The number of rotatable bonds is 19. The summed E-state index contributed by atoms with van der Waals surface area (Å²) in [6, 6.07) is 0. The summed E-state index contributed by atoms with van der Waals surface area (Å²) in [5.74, 6) is -2.80. The summed E-state index contributed by atoms with van der Waals surface area (Å²) in [5, 5.41) is 48.1. The Hall–Kier alpha value is -1.03. The average molecular weight is 461 g/mol. The summed E-state index contributed by atoms with van der Waals surface area (Å²) in [6.45, 7) is -0.419. The van der Waals surface area contributed by atoms with Gasteiger partial charge in [-0.1, -0.05) is 57.1 Å². The number of carboxylic acids is 1. The van der Waals surface area contributed by atoms with Crippen LogP contribution in [0.5, 0.6) is 0 Å². The Bertz CT molecular complexity index is 512. The molecule has 0 radical (unpaired) electrons. The standard InChI is InChI=1S/C24H44O8/c25-18-20-23(29)24(30,21(26)19-31-20)32-17-15-13-11-9-7-5-3-1-2-4-6-8-10-12-14-16-22(27)28/h1-2,20-21,23,25-26,29-30H,3-19H2,(H,27,28)/b2-1-/t20-,21+,23-,24-/m1/s1. The van der Waals surface area contributed by atoms with Crippen molar-refractivity contribution in [3.63, 3.8) is 0 Å². The van der Waals surface area contributed by atoms with Crippen LogP contribution in [-0.2, 0) is 14.3 Å². The Morgan fingerprint density at radius 3 is 2.00 bits per heavy atom. The van der Waals surface area contributed by atoms with Crippen molar-refractivity contribution in [1.82, 2.24) is 0 Å². The number of ether oxygens (including phenoxy) is 2. The third-order valence-electron chi connectivity index (χ3n) is 5.93. The van der Waals surface area contributed by atoms with Gasteiger partial charge in [0.2, 0.25) is 5.79 Å². The van der Waals surface area contributed by atoms with E-state index in [1.807, 2.05) is 0 Å². The first-order valence-electron chi connectivity index (χ1n) is 12.2. The molecule has 5 N–H and O–H groups in total. The Balaban J connectivity index is 1.92. The van der Waals surface area contributed by atoms with E-state index in [1.54, 1.807) is 0 Å². The third kappa shape index (κ3) is 11.7. The maximum Gasteiger partial charge on any atom is 0.303 e. The second-order valence-corrected chi connectivity index (χ2v) is 8.70. The second-order valence-electron chi connectivity index (χ2n) is 8.70. The van der Waals surface area contributed by atoms with E-state index in [0.717, 1.165) is 57.8 Å². The highest BCUT2D eigenvalue weighted by atomic mass is 16.7. The number of carboxylic acid groups (broad SMARTS) is 1. The number of hydrogen-bond donors (Lipinski definition) is 5. The zero-order valence-corrected chi connectivity index (χ0v) is 19.4. The van der Waals surface area contributed by atoms with Gasteiger partial charge in [-0.05, 0) is 38.5 Å². The molecular formula is C24H44O8. The van der Waals surface area contributed by atoms with Gasteiger partial charge in [0.15, 0.2) is 0 Å². The van der Waals surface area contributed by atoms with Gasteiger partial charge in [0.1, 0.15) is 18.3 Å². The molecule has 0 aromatic heterocycles. The molecule has 0 amide bonds. The number of aliphatic carboxylic acids is 1. The average Bonchev–Trinajstić information content (AvgIpc) is 2.77. The fraction of sp³-hybridized carbons (Fsp3) is 0.875. The number of aliphatic hydroxyl groups is 4. The van der Waals surface area contributed by atoms with Crippen molar-refractivity contribution < 1.29 is 39.8 Å². The molecular weight excluding hydrogens is 416 g/mol. The van der Waals surface area contributed by atoms with Crippen LogP contribution in [0, 0.1) is 0 Å². The molecule has 4 atom stereocenters. The predicted molar refractivity (Wildman–Crippen MR) is 121 cm³/mol. The largest absolute Gasteiger partial charge is 0.481 e. The molecule has 0 spiro atoms. The van der Waals surface area contributed by atoms with Crippen molar-refractivity contribution in [2.75, 3.05) is 19.8 Å². The normalized spacial score (nSPS) is 26.1. The van der Waals surface area contributed by atoms with Gasteiger partial charge in [0, 0.05) is 6.42 Å². The molecule has 8 nitrogen and oxygen atoms in total. The van der Waals surface area contributed by atoms with E-state index < -0.39 is 36.7 Å². The summed E-state index contributed by atoms with van der Waals surface area (Å²) in [4.78, 5) is 10.4. The molecule has 1 fully saturated rings. The zero-order valence-electron chi connectivity index (χ0n) is 19.4. The van der Waals surface area contributed by atoms with Gasteiger partial charge in [-0.15, -0.1) is 0 Å². The smallest absolute Gasteiger partial charge is 0.303 e. The van der Waals surface area contributed by atoms with Crippen LogP contribution in [0.1, 0.15) is 89.9 Å². The van der Waals surface area contributed by atoms with Gasteiger partial charge < -0.3 is 35.0 Å². The molecule has 1 aliphatic heterocycles. The minimum Gasteiger partial charge on any atom is -0.481 e. The molecule has 1 rings (SSSR count). The molecule has 0 aliphatic carbocycles. The lowest BCUT2D eigenvalue weighted by Gasteiger charge is -2.43. The van der Waals surface area contributed by atoms with Crippen LogP contribution in [0.3, 0.4) is 0 Å². The highest BCUT2D eigenvalue weighted by Crippen LogP contribution is 2.27. The summed E-state index contributed by atoms with van der Waals surface area (Å²) in [5.41, 5.74) is 0. The number of carbonyl (C=O) groups is 1. The van der Waals surface area contributed by atoms with Crippen LogP contribution in [-0.4, -0.2) is 75.4 Å². The number of hydrogen-bond acceptors (Lipinski definition) is 7. The molecule has 1 aliphatic rings. The minimum absolute atomic E-state index is 0.193. The lowest BCUT2D eigenvalue weighted by atomic mass is 9.96. The molecule has 1 saturated heterocycles. The van der Waals surface area contributed by atoms with Crippen LogP contribution in [0.4, 0.5) is 0 Å². The van der Waals surface area contributed by atoms with Crippen molar-refractivity contribution in [1.29, 1.82) is 0 Å². The fourth-order valence-corrected chi connectivity index (χ4v) is 3.83. The second kappa shape index (κ2) is 17.4. The van der Waals surface area contributed by atoms with E-state index in [-0.39, 0.29) is 19.6 Å². The van der Waals surface area contributed by atoms with E-state index >= 15 is 0 Å². The predicted octanol–water partition coefficient (Wildman–Crippen LogP) is 2.91. The molecule has 0 aromatic carbocycles. The molecule has 188 valence electrons. The zero-order chi connectivity index (χ0) is 23.7. The number of unbranched alkanes of at least 4 members (excludes halogenated alkanes) is 11. The lowest BCUT2D eigenvalue weighted by molar-refractivity contribution is -0.351. The quantitative estimate of drug-likeness (QED) is 0.113. The Morgan fingerprint density at radius 2 is 1.44 bits per heavy atom. The Labute approximate surface area is 192 Å². The molecule has 1 heterocycles. The van der Waals surface area contributed by atoms with E-state index in [1.165, 1.54) is 25.7 Å².